The quantitative estimate of drug-likeness (QED) is 0.752. The van der Waals surface area contributed by atoms with Gasteiger partial charge in [-0.25, -0.2) is 14.5 Å². The number of imide groups is 1. The molecule has 0 bridgehead atoms. The van der Waals surface area contributed by atoms with E-state index in [0.29, 0.717) is 4.90 Å². The molecule has 1 saturated heterocycles. The highest BCUT2D eigenvalue weighted by Crippen LogP contribution is 2.34. The molecule has 1 rings (SSSR count). The molecule has 8 heteroatoms. The van der Waals surface area contributed by atoms with E-state index in [2.05, 4.69) is 0 Å². The monoisotopic (exact) mass is 344 g/mol. The molecular formula is C16H28N2O6. The summed E-state index contributed by atoms with van der Waals surface area (Å²) in [6, 6.07) is 0. The third kappa shape index (κ3) is 4.45. The third-order valence-electron chi connectivity index (χ3n) is 3.34. The topological polar surface area (TPSA) is 96.4 Å². The Hall–Kier alpha value is -1.67. The molecule has 0 saturated carbocycles. The molecule has 1 N–H and O–H groups in total. The van der Waals surface area contributed by atoms with Gasteiger partial charge in [0.1, 0.15) is 11.7 Å². The van der Waals surface area contributed by atoms with E-state index in [1.54, 1.807) is 53.6 Å². The minimum atomic E-state index is -1.62. The Labute approximate surface area is 142 Å². The number of hydrogen-bond acceptors (Lipinski definition) is 7. The van der Waals surface area contributed by atoms with Gasteiger partial charge < -0.3 is 19.5 Å². The van der Waals surface area contributed by atoms with Gasteiger partial charge in [-0.1, -0.05) is 0 Å². The normalized spacial score (nSPS) is 24.7. The molecular weight excluding hydrogens is 316 g/mol. The highest BCUT2D eigenvalue weighted by molar-refractivity contribution is 6.04. The maximum Gasteiger partial charge on any atom is 0.418 e. The van der Waals surface area contributed by atoms with Crippen molar-refractivity contribution >= 4 is 18.0 Å². The number of nitrogens with zero attached hydrogens (tertiary/aromatic N) is 2. The summed E-state index contributed by atoms with van der Waals surface area (Å²) in [5.41, 5.74) is -2.47. The lowest BCUT2D eigenvalue weighted by atomic mass is 9.94. The first-order valence-corrected chi connectivity index (χ1v) is 7.91. The Bertz CT molecular complexity index is 511. The van der Waals surface area contributed by atoms with E-state index in [0.717, 1.165) is 0 Å². The highest BCUT2D eigenvalue weighted by Gasteiger charge is 2.60. The maximum absolute atomic E-state index is 12.7. The fourth-order valence-electron chi connectivity index (χ4n) is 2.65. The van der Waals surface area contributed by atoms with E-state index in [1.165, 1.54) is 0 Å². The standard InChI is InChI=1S/C16H28N2O6/c1-10(2)23-13(21)16(9-17(6)7)8-11(19)12(20)18(16)14(22)24-15(3,4)5/h10-11,19H,8-9H2,1-7H3/t11-,16+/m0/s1. The van der Waals surface area contributed by atoms with Crippen LogP contribution in [0.25, 0.3) is 0 Å². The fourth-order valence-corrected chi connectivity index (χ4v) is 2.65. The molecule has 138 valence electrons. The summed E-state index contributed by atoms with van der Waals surface area (Å²) in [5, 5.41) is 10.0. The number of amides is 2. The Morgan fingerprint density at radius 2 is 1.92 bits per heavy atom. The second-order valence-corrected chi connectivity index (χ2v) is 7.60. The van der Waals surface area contributed by atoms with Gasteiger partial charge in [0.2, 0.25) is 0 Å². The molecule has 2 atom stereocenters. The van der Waals surface area contributed by atoms with Crippen LogP contribution < -0.4 is 0 Å². The van der Waals surface area contributed by atoms with Crippen LogP contribution in [0.4, 0.5) is 4.79 Å². The lowest BCUT2D eigenvalue weighted by Crippen LogP contribution is -2.61. The summed E-state index contributed by atoms with van der Waals surface area (Å²) in [5.74, 6) is -1.59. The molecule has 1 heterocycles. The Morgan fingerprint density at radius 3 is 2.33 bits per heavy atom. The van der Waals surface area contributed by atoms with Gasteiger partial charge in [0, 0.05) is 13.0 Å². The molecule has 0 aliphatic carbocycles. The number of ether oxygens (including phenoxy) is 2. The molecule has 2 amide bonds. The number of carbonyl (C=O) groups excluding carboxylic acids is 3. The zero-order valence-electron chi connectivity index (χ0n) is 15.5. The van der Waals surface area contributed by atoms with Crippen LogP contribution in [0.3, 0.4) is 0 Å². The van der Waals surface area contributed by atoms with Crippen molar-refractivity contribution in [3.05, 3.63) is 0 Å². The second kappa shape index (κ2) is 7.06. The van der Waals surface area contributed by atoms with Crippen LogP contribution in [0.15, 0.2) is 0 Å². The number of aliphatic hydroxyl groups excluding tert-OH is 1. The summed E-state index contributed by atoms with van der Waals surface area (Å²) in [4.78, 5) is 40.0. The van der Waals surface area contributed by atoms with Gasteiger partial charge in [-0.05, 0) is 48.7 Å². The summed E-state index contributed by atoms with van der Waals surface area (Å²) in [7, 11) is 3.40. The SMILES string of the molecule is CC(C)OC(=O)[C@]1(CN(C)C)C[C@H](O)C(=O)N1C(=O)OC(C)(C)C. The number of aliphatic hydroxyl groups is 1. The second-order valence-electron chi connectivity index (χ2n) is 7.60. The number of esters is 1. The summed E-state index contributed by atoms with van der Waals surface area (Å²) >= 11 is 0. The van der Waals surface area contributed by atoms with E-state index in [-0.39, 0.29) is 13.0 Å². The molecule has 1 aliphatic heterocycles. The van der Waals surface area contributed by atoms with Crippen LogP contribution in [0.5, 0.6) is 0 Å². The van der Waals surface area contributed by atoms with Gasteiger partial charge in [-0.3, -0.25) is 4.79 Å². The fraction of sp³-hybridized carbons (Fsp3) is 0.812. The average Bonchev–Trinajstić information content (AvgIpc) is 2.58. The van der Waals surface area contributed by atoms with Crippen LogP contribution in [-0.2, 0) is 19.1 Å². The summed E-state index contributed by atoms with van der Waals surface area (Å²) in [6.07, 6.45) is -3.08. The average molecular weight is 344 g/mol. The molecule has 8 nitrogen and oxygen atoms in total. The molecule has 0 unspecified atom stereocenters. The highest BCUT2D eigenvalue weighted by atomic mass is 16.6. The largest absolute Gasteiger partial charge is 0.461 e. The number of likely N-dealkylation sites (N-methyl/N-ethyl adjacent to an activating group) is 1. The molecule has 0 spiro atoms. The zero-order valence-corrected chi connectivity index (χ0v) is 15.5. The third-order valence-corrected chi connectivity index (χ3v) is 3.34. The lowest BCUT2D eigenvalue weighted by molar-refractivity contribution is -0.163. The van der Waals surface area contributed by atoms with Crippen molar-refractivity contribution in [2.75, 3.05) is 20.6 Å². The maximum atomic E-state index is 12.7. The van der Waals surface area contributed by atoms with Crippen LogP contribution in [0, 0.1) is 0 Å². The van der Waals surface area contributed by atoms with Crippen molar-refractivity contribution in [1.82, 2.24) is 9.80 Å². The van der Waals surface area contributed by atoms with Crippen molar-refractivity contribution < 1.29 is 29.0 Å². The van der Waals surface area contributed by atoms with Crippen LogP contribution in [0.2, 0.25) is 0 Å². The first-order chi connectivity index (χ1) is 10.8. The van der Waals surface area contributed by atoms with Crippen molar-refractivity contribution in [2.24, 2.45) is 0 Å². The van der Waals surface area contributed by atoms with Gasteiger partial charge in [0.25, 0.3) is 5.91 Å². The number of rotatable bonds is 4. The minimum absolute atomic E-state index is 0.0284. The number of hydrogen-bond donors (Lipinski definition) is 1. The molecule has 0 radical (unpaired) electrons. The molecule has 1 fully saturated rings. The molecule has 0 aromatic heterocycles. The lowest BCUT2D eigenvalue weighted by Gasteiger charge is -2.37. The number of likely N-dealkylation sites (tertiary alicyclic amines) is 1. The summed E-state index contributed by atoms with van der Waals surface area (Å²) < 4.78 is 10.5. The molecule has 0 aromatic rings. The Kier molecular flexibility index (Phi) is 6.00. The van der Waals surface area contributed by atoms with E-state index < -0.39 is 41.3 Å². The van der Waals surface area contributed by atoms with Crippen molar-refractivity contribution in [1.29, 1.82) is 0 Å². The van der Waals surface area contributed by atoms with Crippen molar-refractivity contribution in [2.45, 2.75) is 64.4 Å². The van der Waals surface area contributed by atoms with Crippen LogP contribution >= 0.6 is 0 Å². The molecule has 24 heavy (non-hydrogen) atoms. The molecule has 1 aliphatic rings. The van der Waals surface area contributed by atoms with Gasteiger partial charge in [0.05, 0.1) is 6.10 Å². The van der Waals surface area contributed by atoms with E-state index in [1.807, 2.05) is 0 Å². The van der Waals surface area contributed by atoms with E-state index in [9.17, 15) is 19.5 Å². The first-order valence-electron chi connectivity index (χ1n) is 7.91. The van der Waals surface area contributed by atoms with Crippen molar-refractivity contribution in [3.8, 4) is 0 Å². The van der Waals surface area contributed by atoms with Crippen molar-refractivity contribution in [3.63, 3.8) is 0 Å². The predicted molar refractivity (Wildman–Crippen MR) is 86.2 cm³/mol. The van der Waals surface area contributed by atoms with Gasteiger partial charge in [0.15, 0.2) is 5.54 Å². The minimum Gasteiger partial charge on any atom is -0.461 e. The smallest absolute Gasteiger partial charge is 0.418 e. The zero-order chi connectivity index (χ0) is 18.9. The van der Waals surface area contributed by atoms with Gasteiger partial charge in [-0.15, -0.1) is 0 Å². The summed E-state index contributed by atoms with van der Waals surface area (Å²) in [6.45, 7) is 8.34. The predicted octanol–water partition coefficient (Wildman–Crippen LogP) is 0.767. The van der Waals surface area contributed by atoms with Crippen LogP contribution in [0.1, 0.15) is 41.0 Å². The Balaban J connectivity index is 3.32. The van der Waals surface area contributed by atoms with Gasteiger partial charge in [-0.2, -0.15) is 0 Å². The van der Waals surface area contributed by atoms with E-state index in [4.69, 9.17) is 9.47 Å². The van der Waals surface area contributed by atoms with Crippen LogP contribution in [-0.4, -0.2) is 76.9 Å². The van der Waals surface area contributed by atoms with Gasteiger partial charge >= 0.3 is 12.1 Å². The number of carbonyl (C=O) groups is 3. The Morgan fingerprint density at radius 1 is 1.38 bits per heavy atom. The first kappa shape index (κ1) is 20.4. The molecule has 0 aromatic carbocycles. The van der Waals surface area contributed by atoms with E-state index >= 15 is 0 Å².